The molecule has 0 aliphatic carbocycles. The number of nitrogens with one attached hydrogen (secondary N) is 1. The first-order valence-electron chi connectivity index (χ1n) is 7.12. The molecule has 0 aromatic heterocycles. The van der Waals surface area contributed by atoms with Crippen LogP contribution in [0, 0.1) is 5.82 Å². The number of aliphatic hydroxyl groups is 1. The molecular weight excluding hydrogens is 295 g/mol. The molecule has 0 saturated carbocycles. The first kappa shape index (κ1) is 16.2. The quantitative estimate of drug-likeness (QED) is 0.898. The highest BCUT2D eigenvalue weighted by atomic mass is 35.5. The van der Waals surface area contributed by atoms with Gasteiger partial charge in [0.15, 0.2) is 0 Å². The molecule has 6 heteroatoms. The van der Waals surface area contributed by atoms with Gasteiger partial charge in [0.25, 0.3) is 0 Å². The molecule has 1 aromatic rings. The van der Waals surface area contributed by atoms with Gasteiger partial charge in [-0.25, -0.2) is 4.39 Å². The molecule has 4 nitrogen and oxygen atoms in total. The molecule has 1 fully saturated rings. The number of carbonyl (C=O) groups excluding carboxylic acids is 1. The van der Waals surface area contributed by atoms with Crippen molar-refractivity contribution in [3.63, 3.8) is 0 Å². The maximum atomic E-state index is 13.6. The third kappa shape index (κ3) is 4.15. The van der Waals surface area contributed by atoms with E-state index in [2.05, 4.69) is 5.32 Å². The fraction of sp³-hybridized carbons (Fsp3) is 0.533. The largest absolute Gasteiger partial charge is 0.395 e. The van der Waals surface area contributed by atoms with E-state index in [0.29, 0.717) is 5.02 Å². The van der Waals surface area contributed by atoms with Crippen LogP contribution >= 0.6 is 11.6 Å². The molecule has 2 unspecified atom stereocenters. The van der Waals surface area contributed by atoms with Crippen LogP contribution in [0.1, 0.15) is 26.2 Å². The average Bonchev–Trinajstić information content (AvgIpc) is 2.45. The van der Waals surface area contributed by atoms with Crippen molar-refractivity contribution in [2.24, 2.45) is 0 Å². The van der Waals surface area contributed by atoms with Gasteiger partial charge in [0.2, 0.25) is 5.91 Å². The molecular formula is C15H20ClFN2O2. The van der Waals surface area contributed by atoms with Crippen molar-refractivity contribution < 1.29 is 14.3 Å². The van der Waals surface area contributed by atoms with Crippen LogP contribution in [0.25, 0.3) is 0 Å². The van der Waals surface area contributed by atoms with Gasteiger partial charge in [0.05, 0.1) is 18.8 Å². The Hall–Kier alpha value is -1.17. The number of carbonyl (C=O) groups is 1. The molecule has 0 spiro atoms. The van der Waals surface area contributed by atoms with Crippen LogP contribution in [-0.2, 0) is 4.79 Å². The van der Waals surface area contributed by atoms with E-state index in [1.807, 2.05) is 11.8 Å². The predicted octanol–water partition coefficient (Wildman–Crippen LogP) is 2.65. The Bertz CT molecular complexity index is 512. The topological polar surface area (TPSA) is 52.6 Å². The summed E-state index contributed by atoms with van der Waals surface area (Å²) in [5, 5.41) is 12.3. The zero-order chi connectivity index (χ0) is 15.4. The Kier molecular flexibility index (Phi) is 5.56. The molecule has 2 rings (SSSR count). The fourth-order valence-corrected chi connectivity index (χ4v) is 2.94. The Balaban J connectivity index is 2.01. The van der Waals surface area contributed by atoms with Crippen molar-refractivity contribution in [1.29, 1.82) is 0 Å². The second-order valence-electron chi connectivity index (χ2n) is 5.46. The van der Waals surface area contributed by atoms with Gasteiger partial charge in [-0.15, -0.1) is 0 Å². The van der Waals surface area contributed by atoms with E-state index in [9.17, 15) is 14.3 Å². The number of hydrogen-bond donors (Lipinski definition) is 2. The molecule has 1 aromatic carbocycles. The molecule has 0 radical (unpaired) electrons. The number of aliphatic hydroxyl groups excluding tert-OH is 1. The lowest BCUT2D eigenvalue weighted by Crippen LogP contribution is -2.50. The van der Waals surface area contributed by atoms with Crippen LogP contribution < -0.4 is 5.32 Å². The van der Waals surface area contributed by atoms with Gasteiger partial charge in [-0.1, -0.05) is 18.0 Å². The molecule has 1 aliphatic heterocycles. The minimum Gasteiger partial charge on any atom is -0.395 e. The molecule has 1 amide bonds. The minimum absolute atomic E-state index is 0.0105. The van der Waals surface area contributed by atoms with E-state index in [0.717, 1.165) is 19.3 Å². The molecule has 2 atom stereocenters. The van der Waals surface area contributed by atoms with Crippen LogP contribution in [-0.4, -0.2) is 41.1 Å². The number of hydrogen-bond acceptors (Lipinski definition) is 3. The Morgan fingerprint density at radius 2 is 2.29 bits per heavy atom. The number of anilines is 1. The lowest BCUT2D eigenvalue weighted by atomic mass is 9.97. The number of halogens is 2. The number of rotatable bonds is 4. The summed E-state index contributed by atoms with van der Waals surface area (Å²) in [6.07, 6.45) is 2.92. The summed E-state index contributed by atoms with van der Waals surface area (Å²) in [6.45, 7) is 2.20. The summed E-state index contributed by atoms with van der Waals surface area (Å²) in [5.74, 6) is -0.818. The maximum absolute atomic E-state index is 13.6. The SMILES string of the molecule is CC1CCCC(CO)N1CC(=O)Nc1cc(Cl)ccc1F. The van der Waals surface area contributed by atoms with E-state index in [1.54, 1.807) is 0 Å². The third-order valence-electron chi connectivity index (χ3n) is 3.93. The van der Waals surface area contributed by atoms with Gasteiger partial charge in [0.1, 0.15) is 5.82 Å². The highest BCUT2D eigenvalue weighted by Gasteiger charge is 2.28. The zero-order valence-electron chi connectivity index (χ0n) is 12.0. The van der Waals surface area contributed by atoms with Crippen molar-refractivity contribution in [1.82, 2.24) is 4.90 Å². The van der Waals surface area contributed by atoms with Gasteiger partial charge in [-0.3, -0.25) is 9.69 Å². The standard InChI is InChI=1S/C15H20ClFN2O2/c1-10-3-2-4-12(9-20)19(10)8-15(21)18-14-7-11(16)5-6-13(14)17/h5-7,10,12,20H,2-4,8-9H2,1H3,(H,18,21). The summed E-state index contributed by atoms with van der Waals surface area (Å²) < 4.78 is 13.6. The Morgan fingerprint density at radius 3 is 3.00 bits per heavy atom. The Labute approximate surface area is 128 Å². The van der Waals surface area contributed by atoms with Crippen LogP contribution in [0.5, 0.6) is 0 Å². The summed E-state index contributed by atoms with van der Waals surface area (Å²) in [4.78, 5) is 14.1. The van der Waals surface area contributed by atoms with E-state index < -0.39 is 5.82 Å². The van der Waals surface area contributed by atoms with Crippen molar-refractivity contribution in [2.45, 2.75) is 38.3 Å². The van der Waals surface area contributed by atoms with Crippen molar-refractivity contribution in [3.05, 3.63) is 29.0 Å². The molecule has 1 aliphatic rings. The first-order chi connectivity index (χ1) is 10.0. The summed E-state index contributed by atoms with van der Waals surface area (Å²) in [6, 6.07) is 4.26. The van der Waals surface area contributed by atoms with E-state index in [4.69, 9.17) is 11.6 Å². The maximum Gasteiger partial charge on any atom is 0.238 e. The lowest BCUT2D eigenvalue weighted by Gasteiger charge is -2.39. The highest BCUT2D eigenvalue weighted by Crippen LogP contribution is 2.23. The second-order valence-corrected chi connectivity index (χ2v) is 5.90. The van der Waals surface area contributed by atoms with Gasteiger partial charge in [-0.2, -0.15) is 0 Å². The molecule has 0 bridgehead atoms. The van der Waals surface area contributed by atoms with Gasteiger partial charge >= 0.3 is 0 Å². The van der Waals surface area contributed by atoms with Crippen molar-refractivity contribution in [3.8, 4) is 0 Å². The van der Waals surface area contributed by atoms with Gasteiger partial charge in [0, 0.05) is 17.1 Å². The molecule has 21 heavy (non-hydrogen) atoms. The second kappa shape index (κ2) is 7.20. The number of nitrogens with zero attached hydrogens (tertiary/aromatic N) is 1. The molecule has 2 N–H and O–H groups in total. The number of amides is 1. The predicted molar refractivity (Wildman–Crippen MR) is 80.9 cm³/mol. The number of piperidine rings is 1. The van der Waals surface area contributed by atoms with Crippen LogP contribution in [0.4, 0.5) is 10.1 Å². The fourth-order valence-electron chi connectivity index (χ4n) is 2.77. The average molecular weight is 315 g/mol. The van der Waals surface area contributed by atoms with Crippen LogP contribution in [0.2, 0.25) is 5.02 Å². The Morgan fingerprint density at radius 1 is 1.52 bits per heavy atom. The number of benzene rings is 1. The first-order valence-corrected chi connectivity index (χ1v) is 7.50. The van der Waals surface area contributed by atoms with E-state index in [-0.39, 0.29) is 36.8 Å². The summed E-state index contributed by atoms with van der Waals surface area (Å²) in [7, 11) is 0. The molecule has 1 saturated heterocycles. The van der Waals surface area contributed by atoms with Crippen LogP contribution in [0.15, 0.2) is 18.2 Å². The minimum atomic E-state index is -0.516. The van der Waals surface area contributed by atoms with Gasteiger partial charge < -0.3 is 10.4 Å². The summed E-state index contributed by atoms with van der Waals surface area (Å²) in [5.41, 5.74) is 0.0812. The normalized spacial score (nSPS) is 23.0. The van der Waals surface area contributed by atoms with E-state index in [1.165, 1.54) is 18.2 Å². The molecule has 116 valence electrons. The van der Waals surface area contributed by atoms with Crippen LogP contribution in [0.3, 0.4) is 0 Å². The van der Waals surface area contributed by atoms with Crippen molar-refractivity contribution in [2.75, 3.05) is 18.5 Å². The highest BCUT2D eigenvalue weighted by molar-refractivity contribution is 6.30. The van der Waals surface area contributed by atoms with E-state index >= 15 is 0 Å². The van der Waals surface area contributed by atoms with Crippen molar-refractivity contribution >= 4 is 23.2 Å². The van der Waals surface area contributed by atoms with Gasteiger partial charge in [-0.05, 0) is 38.0 Å². The number of likely N-dealkylation sites (tertiary alicyclic amines) is 1. The lowest BCUT2D eigenvalue weighted by molar-refractivity contribution is -0.119. The molecule has 1 heterocycles. The summed E-state index contributed by atoms with van der Waals surface area (Å²) >= 11 is 5.80. The monoisotopic (exact) mass is 314 g/mol. The zero-order valence-corrected chi connectivity index (χ0v) is 12.7. The third-order valence-corrected chi connectivity index (χ3v) is 4.17. The smallest absolute Gasteiger partial charge is 0.238 e.